The minimum absolute atomic E-state index is 0.0493. The summed E-state index contributed by atoms with van der Waals surface area (Å²) in [7, 11) is -3.72. The van der Waals surface area contributed by atoms with E-state index in [1.165, 1.54) is 6.07 Å². The second kappa shape index (κ2) is 5.54. The number of sulfonamides is 1. The van der Waals surface area contributed by atoms with Crippen molar-refractivity contribution in [2.24, 2.45) is 0 Å². The molecule has 1 heterocycles. The molecule has 1 N–H and O–H groups in total. The third-order valence-corrected chi connectivity index (χ3v) is 5.03. The molecule has 0 aliphatic rings. The lowest BCUT2D eigenvalue weighted by Crippen LogP contribution is -2.15. The number of benzene rings is 1. The van der Waals surface area contributed by atoms with Gasteiger partial charge < -0.3 is 0 Å². The summed E-state index contributed by atoms with van der Waals surface area (Å²) in [4.78, 5) is 12.0. The molecule has 1 aromatic carbocycles. The summed E-state index contributed by atoms with van der Waals surface area (Å²) in [6.45, 7) is 1.71. The van der Waals surface area contributed by atoms with E-state index >= 15 is 0 Å². The maximum Gasteiger partial charge on any atom is 0.263 e. The van der Waals surface area contributed by atoms with E-state index in [2.05, 4.69) is 4.72 Å². The van der Waals surface area contributed by atoms with Gasteiger partial charge in [-0.15, -0.1) is 11.3 Å². The Labute approximate surface area is 116 Å². The summed E-state index contributed by atoms with van der Waals surface area (Å²) in [6, 6.07) is 10.1. The Balaban J connectivity index is 2.36. The van der Waals surface area contributed by atoms with Gasteiger partial charge in [0.15, 0.2) is 5.78 Å². The van der Waals surface area contributed by atoms with Crippen molar-refractivity contribution in [3.63, 3.8) is 0 Å². The number of ketones is 1. The Kier molecular flexibility index (Phi) is 4.01. The van der Waals surface area contributed by atoms with Gasteiger partial charge in [0.2, 0.25) is 0 Å². The van der Waals surface area contributed by atoms with Gasteiger partial charge in [0, 0.05) is 12.1 Å². The molecule has 0 saturated heterocycles. The Hall–Kier alpha value is -1.66. The van der Waals surface area contributed by atoms with Crippen LogP contribution in [0.25, 0.3) is 0 Å². The summed E-state index contributed by atoms with van der Waals surface area (Å²) in [6.07, 6.45) is 0.286. The van der Waals surface area contributed by atoms with Crippen molar-refractivity contribution in [2.45, 2.75) is 18.2 Å². The Morgan fingerprint density at radius 1 is 1.21 bits per heavy atom. The van der Waals surface area contributed by atoms with Crippen LogP contribution in [0.1, 0.15) is 23.0 Å². The van der Waals surface area contributed by atoms with Crippen molar-refractivity contribution < 1.29 is 13.2 Å². The lowest BCUT2D eigenvalue weighted by atomic mass is 10.3. The monoisotopic (exact) mass is 295 g/mol. The Morgan fingerprint density at radius 2 is 1.89 bits per heavy atom. The predicted octanol–water partition coefficient (Wildman–Crippen LogP) is 3.14. The summed E-state index contributed by atoms with van der Waals surface area (Å²) in [5.41, 5.74) is 0.476. The number of Topliss-reactive ketones (excluding diaryl/α,β-unsaturated/α-hetero) is 1. The van der Waals surface area contributed by atoms with Gasteiger partial charge in [0.25, 0.3) is 10.0 Å². The highest BCUT2D eigenvalue weighted by Gasteiger charge is 2.23. The molecular formula is C13H13NO3S2. The van der Waals surface area contributed by atoms with Crippen LogP contribution in [0.15, 0.2) is 46.7 Å². The molecule has 0 aliphatic heterocycles. The first-order valence-corrected chi connectivity index (χ1v) is 8.09. The number of nitrogens with one attached hydrogen (secondary N) is 1. The highest BCUT2D eigenvalue weighted by Crippen LogP contribution is 2.25. The molecule has 2 aromatic rings. The summed E-state index contributed by atoms with van der Waals surface area (Å²) >= 11 is 1.15. The topological polar surface area (TPSA) is 63.2 Å². The number of anilines is 1. The van der Waals surface area contributed by atoms with E-state index in [-0.39, 0.29) is 22.0 Å². The number of thiophene rings is 1. The van der Waals surface area contributed by atoms with Gasteiger partial charge in [-0.25, -0.2) is 8.42 Å². The Morgan fingerprint density at radius 3 is 2.53 bits per heavy atom. The fraction of sp³-hybridized carbons (Fsp3) is 0.154. The average molecular weight is 295 g/mol. The molecule has 100 valence electrons. The molecule has 0 amide bonds. The molecular weight excluding hydrogens is 282 g/mol. The van der Waals surface area contributed by atoms with Crippen molar-refractivity contribution in [1.82, 2.24) is 0 Å². The minimum Gasteiger partial charge on any atom is -0.293 e. The lowest BCUT2D eigenvalue weighted by molar-refractivity contribution is 0.0989. The van der Waals surface area contributed by atoms with Gasteiger partial charge in [0.1, 0.15) is 4.90 Å². The van der Waals surface area contributed by atoms with Crippen LogP contribution < -0.4 is 4.72 Å². The Bertz CT molecular complexity index is 675. The number of carbonyl (C=O) groups excluding carboxylic acids is 1. The molecule has 2 rings (SSSR count). The SMILES string of the molecule is CCC(=O)c1sccc1S(=O)(=O)Nc1ccccc1. The number of hydrogen-bond donors (Lipinski definition) is 1. The standard InChI is InChI=1S/C13H13NO3S2/c1-2-11(15)13-12(8-9-18-13)19(16,17)14-10-6-4-3-5-7-10/h3-9,14H,2H2,1H3. The maximum atomic E-state index is 12.2. The van der Waals surface area contributed by atoms with Crippen LogP contribution in [0.5, 0.6) is 0 Å². The van der Waals surface area contributed by atoms with Crippen LogP contribution in [-0.2, 0) is 10.0 Å². The van der Waals surface area contributed by atoms with Gasteiger partial charge >= 0.3 is 0 Å². The van der Waals surface area contributed by atoms with E-state index in [1.807, 2.05) is 0 Å². The van der Waals surface area contributed by atoms with E-state index in [9.17, 15) is 13.2 Å². The highest BCUT2D eigenvalue weighted by molar-refractivity contribution is 7.93. The van der Waals surface area contributed by atoms with Crippen molar-refractivity contribution in [3.8, 4) is 0 Å². The zero-order valence-corrected chi connectivity index (χ0v) is 11.9. The van der Waals surface area contributed by atoms with Gasteiger partial charge in [-0.2, -0.15) is 0 Å². The van der Waals surface area contributed by atoms with Crippen LogP contribution in [0, 0.1) is 0 Å². The fourth-order valence-corrected chi connectivity index (χ4v) is 4.11. The first-order valence-electron chi connectivity index (χ1n) is 5.73. The van der Waals surface area contributed by atoms with E-state index in [0.29, 0.717) is 5.69 Å². The molecule has 0 aliphatic carbocycles. The number of carbonyl (C=O) groups is 1. The third kappa shape index (κ3) is 3.02. The predicted molar refractivity (Wildman–Crippen MR) is 76.2 cm³/mol. The molecule has 0 atom stereocenters. The maximum absolute atomic E-state index is 12.2. The molecule has 1 aromatic heterocycles. The third-order valence-electron chi connectivity index (χ3n) is 2.52. The van der Waals surface area contributed by atoms with Gasteiger partial charge in [-0.3, -0.25) is 9.52 Å². The van der Waals surface area contributed by atoms with Crippen molar-refractivity contribution >= 4 is 32.8 Å². The fourth-order valence-electron chi connectivity index (χ4n) is 1.59. The second-order valence-corrected chi connectivity index (χ2v) is 6.43. The van der Waals surface area contributed by atoms with Crippen LogP contribution in [-0.4, -0.2) is 14.2 Å². The molecule has 0 unspecified atom stereocenters. The molecule has 6 heteroatoms. The normalized spacial score (nSPS) is 11.2. The number of para-hydroxylation sites is 1. The smallest absolute Gasteiger partial charge is 0.263 e. The number of hydrogen-bond acceptors (Lipinski definition) is 4. The average Bonchev–Trinajstić information content (AvgIpc) is 2.88. The first kappa shape index (κ1) is 13.8. The quantitative estimate of drug-likeness (QED) is 0.862. The molecule has 4 nitrogen and oxygen atoms in total. The van der Waals surface area contributed by atoms with Crippen molar-refractivity contribution in [3.05, 3.63) is 46.7 Å². The van der Waals surface area contributed by atoms with Crippen molar-refractivity contribution in [1.29, 1.82) is 0 Å². The van der Waals surface area contributed by atoms with Gasteiger partial charge in [-0.05, 0) is 23.6 Å². The van der Waals surface area contributed by atoms with E-state index in [1.54, 1.807) is 42.6 Å². The largest absolute Gasteiger partial charge is 0.293 e. The second-order valence-electron chi connectivity index (χ2n) is 3.86. The zero-order chi connectivity index (χ0) is 13.9. The number of rotatable bonds is 5. The molecule has 0 fully saturated rings. The van der Waals surface area contributed by atoms with Gasteiger partial charge in [-0.1, -0.05) is 25.1 Å². The van der Waals surface area contributed by atoms with Crippen molar-refractivity contribution in [2.75, 3.05) is 4.72 Å². The summed E-state index contributed by atoms with van der Waals surface area (Å²) < 4.78 is 27.0. The molecule has 19 heavy (non-hydrogen) atoms. The van der Waals surface area contributed by atoms with E-state index in [0.717, 1.165) is 11.3 Å². The minimum atomic E-state index is -3.72. The van der Waals surface area contributed by atoms with E-state index < -0.39 is 10.0 Å². The molecule has 0 spiro atoms. The molecule has 0 bridgehead atoms. The molecule has 0 saturated carbocycles. The van der Waals surface area contributed by atoms with Crippen LogP contribution in [0.3, 0.4) is 0 Å². The van der Waals surface area contributed by atoms with Crippen LogP contribution in [0.2, 0.25) is 0 Å². The van der Waals surface area contributed by atoms with Crippen LogP contribution >= 0.6 is 11.3 Å². The van der Waals surface area contributed by atoms with Crippen LogP contribution in [0.4, 0.5) is 5.69 Å². The first-order chi connectivity index (χ1) is 9.04. The lowest BCUT2D eigenvalue weighted by Gasteiger charge is -2.07. The summed E-state index contributed by atoms with van der Waals surface area (Å²) in [5, 5.41) is 1.61. The zero-order valence-electron chi connectivity index (χ0n) is 10.3. The highest BCUT2D eigenvalue weighted by atomic mass is 32.2. The summed E-state index contributed by atoms with van der Waals surface area (Å²) in [5.74, 6) is -0.163. The molecule has 0 radical (unpaired) electrons. The van der Waals surface area contributed by atoms with Gasteiger partial charge in [0.05, 0.1) is 4.88 Å². The van der Waals surface area contributed by atoms with E-state index in [4.69, 9.17) is 0 Å².